The summed E-state index contributed by atoms with van der Waals surface area (Å²) in [5, 5.41) is 20.1. The van der Waals surface area contributed by atoms with Gasteiger partial charge in [-0.2, -0.15) is 0 Å². The first-order valence-corrected chi connectivity index (χ1v) is 6.73. The van der Waals surface area contributed by atoms with Gasteiger partial charge in [0.1, 0.15) is 11.2 Å². The molecule has 2 unspecified atom stereocenters. The standard InChI is InChI=1S/C15H15ClO4/c1-2-15(14(19)20)11(7-9(17)8-13(15)18)10-5-3-4-6-12(10)16/h3-6,8,11,18H,2,7H2,1H3,(H,19,20). The van der Waals surface area contributed by atoms with Crippen LogP contribution in [0.25, 0.3) is 0 Å². The molecule has 0 aromatic heterocycles. The molecule has 2 rings (SSSR count). The van der Waals surface area contributed by atoms with E-state index in [-0.39, 0.29) is 18.6 Å². The quantitative estimate of drug-likeness (QED) is 0.897. The predicted octanol–water partition coefficient (Wildman–Crippen LogP) is 3.32. The number of aliphatic hydroxyl groups excluding tert-OH is 1. The van der Waals surface area contributed by atoms with Crippen molar-refractivity contribution in [1.29, 1.82) is 0 Å². The number of carbonyl (C=O) groups excluding carboxylic acids is 1. The molecule has 1 aliphatic rings. The van der Waals surface area contributed by atoms with E-state index < -0.39 is 23.1 Å². The van der Waals surface area contributed by atoms with Crippen molar-refractivity contribution >= 4 is 23.4 Å². The Morgan fingerprint density at radius 1 is 1.45 bits per heavy atom. The van der Waals surface area contributed by atoms with E-state index >= 15 is 0 Å². The summed E-state index contributed by atoms with van der Waals surface area (Å²) in [6.45, 7) is 1.68. The van der Waals surface area contributed by atoms with Gasteiger partial charge in [0, 0.05) is 23.4 Å². The number of benzene rings is 1. The minimum Gasteiger partial charge on any atom is -0.511 e. The number of rotatable bonds is 3. The fourth-order valence-electron chi connectivity index (χ4n) is 2.86. The maximum absolute atomic E-state index is 11.8. The average Bonchev–Trinajstić information content (AvgIpc) is 2.38. The second-order valence-corrected chi connectivity index (χ2v) is 5.31. The Hall–Kier alpha value is -1.81. The van der Waals surface area contributed by atoms with Crippen LogP contribution in [0.15, 0.2) is 36.1 Å². The van der Waals surface area contributed by atoms with Gasteiger partial charge in [-0.15, -0.1) is 0 Å². The Labute approximate surface area is 121 Å². The van der Waals surface area contributed by atoms with Crippen molar-refractivity contribution in [3.05, 3.63) is 46.7 Å². The van der Waals surface area contributed by atoms with E-state index in [0.29, 0.717) is 10.6 Å². The third-order valence-electron chi connectivity index (χ3n) is 3.97. The SMILES string of the molecule is CCC1(C(=O)O)C(O)=CC(=O)CC1c1ccccc1Cl. The van der Waals surface area contributed by atoms with Crippen LogP contribution in [0.2, 0.25) is 5.02 Å². The van der Waals surface area contributed by atoms with Gasteiger partial charge in [-0.05, 0) is 18.1 Å². The molecular formula is C15H15ClO4. The molecule has 0 fully saturated rings. The zero-order valence-corrected chi connectivity index (χ0v) is 11.7. The highest BCUT2D eigenvalue weighted by atomic mass is 35.5. The molecule has 20 heavy (non-hydrogen) atoms. The van der Waals surface area contributed by atoms with E-state index in [2.05, 4.69) is 0 Å². The van der Waals surface area contributed by atoms with Crippen LogP contribution in [0.4, 0.5) is 0 Å². The van der Waals surface area contributed by atoms with Crippen LogP contribution in [0.5, 0.6) is 0 Å². The van der Waals surface area contributed by atoms with Crippen LogP contribution in [0.1, 0.15) is 31.2 Å². The van der Waals surface area contributed by atoms with Crippen molar-refractivity contribution in [2.75, 3.05) is 0 Å². The average molecular weight is 295 g/mol. The topological polar surface area (TPSA) is 74.6 Å². The number of halogens is 1. The first-order chi connectivity index (χ1) is 9.43. The van der Waals surface area contributed by atoms with Gasteiger partial charge in [0.2, 0.25) is 0 Å². The minimum atomic E-state index is -1.50. The van der Waals surface area contributed by atoms with E-state index in [0.717, 1.165) is 6.08 Å². The third kappa shape index (κ3) is 2.10. The molecule has 1 aromatic rings. The molecule has 0 spiro atoms. The monoisotopic (exact) mass is 294 g/mol. The molecule has 0 heterocycles. The first-order valence-electron chi connectivity index (χ1n) is 6.35. The molecule has 0 amide bonds. The van der Waals surface area contributed by atoms with Crippen LogP contribution in [-0.2, 0) is 9.59 Å². The molecule has 2 N–H and O–H groups in total. The summed E-state index contributed by atoms with van der Waals surface area (Å²) in [7, 11) is 0. The molecule has 0 aliphatic heterocycles. The third-order valence-corrected chi connectivity index (χ3v) is 4.32. The highest BCUT2D eigenvalue weighted by molar-refractivity contribution is 6.31. The largest absolute Gasteiger partial charge is 0.511 e. The van der Waals surface area contributed by atoms with Gasteiger partial charge in [-0.1, -0.05) is 36.7 Å². The summed E-state index contributed by atoms with van der Waals surface area (Å²) in [6.07, 6.45) is 1.22. The van der Waals surface area contributed by atoms with Crippen molar-refractivity contribution in [1.82, 2.24) is 0 Å². The number of carboxylic acid groups (broad SMARTS) is 1. The second-order valence-electron chi connectivity index (χ2n) is 4.90. The van der Waals surface area contributed by atoms with E-state index in [9.17, 15) is 19.8 Å². The molecule has 0 bridgehead atoms. The van der Waals surface area contributed by atoms with E-state index in [1.54, 1.807) is 31.2 Å². The molecule has 1 aliphatic carbocycles. The smallest absolute Gasteiger partial charge is 0.317 e. The van der Waals surface area contributed by atoms with E-state index in [1.807, 2.05) is 0 Å². The van der Waals surface area contributed by atoms with Gasteiger partial charge in [-0.3, -0.25) is 9.59 Å². The molecule has 2 atom stereocenters. The van der Waals surface area contributed by atoms with Crippen LogP contribution in [0.3, 0.4) is 0 Å². The number of hydrogen-bond donors (Lipinski definition) is 2. The fraction of sp³-hybridized carbons (Fsp3) is 0.333. The summed E-state index contributed by atoms with van der Waals surface area (Å²) >= 11 is 6.14. The number of aliphatic hydroxyl groups is 1. The van der Waals surface area contributed by atoms with E-state index in [4.69, 9.17) is 11.6 Å². The van der Waals surface area contributed by atoms with Crippen molar-refractivity contribution in [3.8, 4) is 0 Å². The fourth-order valence-corrected chi connectivity index (χ4v) is 3.13. The summed E-state index contributed by atoms with van der Waals surface area (Å²) in [5.74, 6) is -2.51. The Morgan fingerprint density at radius 2 is 2.10 bits per heavy atom. The number of aliphatic carboxylic acids is 1. The van der Waals surface area contributed by atoms with Crippen molar-refractivity contribution in [3.63, 3.8) is 0 Å². The molecule has 106 valence electrons. The molecule has 4 nitrogen and oxygen atoms in total. The maximum atomic E-state index is 11.8. The lowest BCUT2D eigenvalue weighted by Crippen LogP contribution is -2.42. The Morgan fingerprint density at radius 3 is 2.65 bits per heavy atom. The molecule has 0 saturated carbocycles. The van der Waals surface area contributed by atoms with Crippen LogP contribution >= 0.6 is 11.6 Å². The lowest BCUT2D eigenvalue weighted by atomic mass is 9.64. The number of hydrogen-bond acceptors (Lipinski definition) is 3. The highest BCUT2D eigenvalue weighted by Crippen LogP contribution is 2.50. The number of ketones is 1. The zero-order chi connectivity index (χ0) is 14.9. The maximum Gasteiger partial charge on any atom is 0.317 e. The van der Waals surface area contributed by atoms with Gasteiger partial charge in [0.15, 0.2) is 5.78 Å². The van der Waals surface area contributed by atoms with Gasteiger partial charge in [-0.25, -0.2) is 0 Å². The van der Waals surface area contributed by atoms with Crippen LogP contribution < -0.4 is 0 Å². The Kier molecular flexibility index (Phi) is 3.86. The molecule has 5 heteroatoms. The highest BCUT2D eigenvalue weighted by Gasteiger charge is 2.52. The first kappa shape index (κ1) is 14.6. The van der Waals surface area contributed by atoms with Crippen LogP contribution in [-0.4, -0.2) is 22.0 Å². The molecular weight excluding hydrogens is 280 g/mol. The van der Waals surface area contributed by atoms with Gasteiger partial charge < -0.3 is 10.2 Å². The normalized spacial score (nSPS) is 26.2. The summed E-state index contributed by atoms with van der Waals surface area (Å²) < 4.78 is 0. The van der Waals surface area contributed by atoms with Gasteiger partial charge >= 0.3 is 5.97 Å². The van der Waals surface area contributed by atoms with Gasteiger partial charge in [0.25, 0.3) is 0 Å². The number of carbonyl (C=O) groups is 2. The second kappa shape index (κ2) is 5.29. The zero-order valence-electron chi connectivity index (χ0n) is 11.0. The lowest BCUT2D eigenvalue weighted by Gasteiger charge is -2.38. The minimum absolute atomic E-state index is 0.0218. The van der Waals surface area contributed by atoms with Crippen molar-refractivity contribution < 1.29 is 19.8 Å². The molecule has 0 radical (unpaired) electrons. The van der Waals surface area contributed by atoms with Crippen LogP contribution in [0, 0.1) is 5.41 Å². The van der Waals surface area contributed by atoms with E-state index in [1.165, 1.54) is 0 Å². The summed E-state index contributed by atoms with van der Waals surface area (Å²) in [5.41, 5.74) is -0.926. The predicted molar refractivity (Wildman–Crippen MR) is 74.9 cm³/mol. The van der Waals surface area contributed by atoms with Crippen molar-refractivity contribution in [2.45, 2.75) is 25.7 Å². The molecule has 1 aromatic carbocycles. The van der Waals surface area contributed by atoms with Crippen molar-refractivity contribution in [2.24, 2.45) is 5.41 Å². The summed E-state index contributed by atoms with van der Waals surface area (Å²) in [6, 6.07) is 6.83. The Balaban J connectivity index is 2.66. The Bertz CT molecular complexity index is 593. The number of allylic oxidation sites excluding steroid dienone is 1. The number of carboxylic acids is 1. The van der Waals surface area contributed by atoms with Gasteiger partial charge in [0.05, 0.1) is 0 Å². The molecule has 0 saturated heterocycles. The summed E-state index contributed by atoms with van der Waals surface area (Å²) in [4.78, 5) is 23.5. The lowest BCUT2D eigenvalue weighted by molar-refractivity contribution is -0.151.